The van der Waals surface area contributed by atoms with E-state index in [1.54, 1.807) is 0 Å². The molecule has 0 unspecified atom stereocenters. The molecule has 1 spiro atoms. The van der Waals surface area contributed by atoms with Gasteiger partial charge in [-0.25, -0.2) is 0 Å². The molecule has 2 heteroatoms. The lowest BCUT2D eigenvalue weighted by atomic mass is 9.64. The Morgan fingerprint density at radius 3 is 1.42 bits per heavy atom. The molecule has 0 saturated carbocycles. The minimum atomic E-state index is -0.620. The van der Waals surface area contributed by atoms with E-state index >= 15 is 0 Å². The third-order valence-corrected chi connectivity index (χ3v) is 15.8. The van der Waals surface area contributed by atoms with E-state index in [0.717, 1.165) is 28.3 Å². The Labute approximate surface area is 424 Å². The molecule has 0 radical (unpaired) electrons. The summed E-state index contributed by atoms with van der Waals surface area (Å²) in [4.78, 5) is 5.03. The second-order valence-corrected chi connectivity index (χ2v) is 19.4. The molecule has 13 aromatic carbocycles. The number of rotatable bonds is 6. The molecule has 0 amide bonds. The van der Waals surface area contributed by atoms with Crippen LogP contribution >= 0.6 is 0 Å². The van der Waals surface area contributed by atoms with Gasteiger partial charge in [-0.1, -0.05) is 231 Å². The maximum atomic E-state index is 2.57. The number of hydrogen-bond acceptors (Lipinski definition) is 2. The second-order valence-electron chi connectivity index (χ2n) is 19.4. The molecule has 0 aromatic heterocycles. The molecular weight excluding hydrogens is 881 g/mol. The maximum absolute atomic E-state index is 2.57. The van der Waals surface area contributed by atoms with Gasteiger partial charge in [-0.3, -0.25) is 0 Å². The zero-order valence-corrected chi connectivity index (χ0v) is 40.0. The quantitative estimate of drug-likeness (QED) is 0.153. The van der Waals surface area contributed by atoms with Gasteiger partial charge in [0.25, 0.3) is 0 Å². The first kappa shape index (κ1) is 41.3. The maximum Gasteiger partial charge on any atom is 0.0755 e. The van der Waals surface area contributed by atoms with Gasteiger partial charge in [0, 0.05) is 22.5 Å². The van der Waals surface area contributed by atoms with E-state index < -0.39 is 5.41 Å². The topological polar surface area (TPSA) is 6.48 Å². The monoisotopic (exact) mass is 926 g/mol. The van der Waals surface area contributed by atoms with Crippen LogP contribution in [0, 0.1) is 0 Å². The van der Waals surface area contributed by atoms with Gasteiger partial charge in [-0.05, 0) is 136 Å². The molecule has 1 aliphatic heterocycles. The summed E-state index contributed by atoms with van der Waals surface area (Å²) < 4.78 is 0. The predicted molar refractivity (Wildman–Crippen MR) is 308 cm³/mol. The fourth-order valence-corrected chi connectivity index (χ4v) is 12.9. The summed E-state index contributed by atoms with van der Waals surface area (Å²) in [5.41, 5.74) is 18.5. The summed E-state index contributed by atoms with van der Waals surface area (Å²) in [6.45, 7) is 0. The van der Waals surface area contributed by atoms with Gasteiger partial charge in [-0.15, -0.1) is 0 Å². The smallest absolute Gasteiger partial charge is 0.0755 e. The Bertz CT molecular complexity index is 4270. The fourth-order valence-electron chi connectivity index (χ4n) is 12.9. The van der Waals surface area contributed by atoms with Crippen molar-refractivity contribution in [2.24, 2.45) is 0 Å². The van der Waals surface area contributed by atoms with Crippen LogP contribution in [0.1, 0.15) is 22.3 Å². The summed E-state index contributed by atoms with van der Waals surface area (Å²) in [6.07, 6.45) is 0. The standard InChI is InChI=1S/C71H46N2/c1-2-24-48(25-3-1)72-67-41-18-15-37-63(67)71(64-38-16-19-42-68(64)72)62-36-14-12-34-60(62)70-65(71)39-21-43-69(70)73(49-44-45-58-55-30-7-6-28-53(55)54-29-9-11-32-57(54)61(58)46-49)66-40-17-13-33-59(66)56-31-10-8-27-52(56)51-35-20-23-47-22-4-5-26-50(47)51/h1-46H. The summed E-state index contributed by atoms with van der Waals surface area (Å²) in [7, 11) is 0. The highest BCUT2D eigenvalue weighted by molar-refractivity contribution is 6.26. The number of nitrogens with zero attached hydrogens (tertiary/aromatic N) is 2. The van der Waals surface area contributed by atoms with Crippen LogP contribution in [0.15, 0.2) is 279 Å². The van der Waals surface area contributed by atoms with Crippen molar-refractivity contribution in [2.75, 3.05) is 9.80 Å². The minimum Gasteiger partial charge on any atom is -0.310 e. The molecule has 2 aliphatic rings. The lowest BCUT2D eigenvalue weighted by Crippen LogP contribution is -2.36. The van der Waals surface area contributed by atoms with Gasteiger partial charge in [0.2, 0.25) is 0 Å². The van der Waals surface area contributed by atoms with Crippen molar-refractivity contribution in [2.45, 2.75) is 5.41 Å². The van der Waals surface area contributed by atoms with Gasteiger partial charge in [0.1, 0.15) is 0 Å². The highest BCUT2D eigenvalue weighted by Crippen LogP contribution is 2.65. The van der Waals surface area contributed by atoms with Crippen LogP contribution in [0.2, 0.25) is 0 Å². The van der Waals surface area contributed by atoms with Crippen LogP contribution in [-0.4, -0.2) is 0 Å². The van der Waals surface area contributed by atoms with Crippen LogP contribution in [0.25, 0.3) is 76.5 Å². The van der Waals surface area contributed by atoms with Crippen LogP contribution in [0.4, 0.5) is 34.1 Å². The number of hydrogen-bond donors (Lipinski definition) is 0. The van der Waals surface area contributed by atoms with Crippen molar-refractivity contribution < 1.29 is 0 Å². The second kappa shape index (κ2) is 16.3. The van der Waals surface area contributed by atoms with E-state index in [1.165, 1.54) is 105 Å². The third kappa shape index (κ3) is 5.99. The number of fused-ring (bicyclic) bond motifs is 16. The zero-order valence-electron chi connectivity index (χ0n) is 40.0. The first-order valence-corrected chi connectivity index (χ1v) is 25.3. The van der Waals surface area contributed by atoms with Gasteiger partial charge in [-0.2, -0.15) is 0 Å². The molecule has 0 fully saturated rings. The molecule has 340 valence electrons. The largest absolute Gasteiger partial charge is 0.310 e. The Hall–Kier alpha value is -9.50. The molecule has 2 nitrogen and oxygen atoms in total. The summed E-state index contributed by atoms with van der Waals surface area (Å²) in [6, 6.07) is 104. The van der Waals surface area contributed by atoms with E-state index in [0.29, 0.717) is 0 Å². The zero-order chi connectivity index (χ0) is 48.0. The number of anilines is 6. The Balaban J connectivity index is 1.04. The van der Waals surface area contributed by atoms with Crippen molar-refractivity contribution in [1.29, 1.82) is 0 Å². The third-order valence-electron chi connectivity index (χ3n) is 15.8. The molecule has 0 bridgehead atoms. The van der Waals surface area contributed by atoms with Gasteiger partial charge < -0.3 is 9.80 Å². The van der Waals surface area contributed by atoms with Crippen molar-refractivity contribution in [1.82, 2.24) is 0 Å². The average Bonchev–Trinajstić information content (AvgIpc) is 3.77. The highest BCUT2D eigenvalue weighted by Gasteiger charge is 2.52. The molecule has 15 rings (SSSR count). The van der Waals surface area contributed by atoms with Crippen LogP contribution in [-0.2, 0) is 5.41 Å². The normalized spacial score (nSPS) is 13.0. The van der Waals surface area contributed by atoms with E-state index in [1.807, 2.05) is 0 Å². The SMILES string of the molecule is c1ccc(N2c3ccccc3C3(c4ccccc4-c4c(N(c5ccc6c7ccccc7c7ccccc7c6c5)c5ccccc5-c5ccccc5-c5cccc6ccccc56)cccc43)c3ccccc32)cc1. The van der Waals surface area contributed by atoms with Crippen LogP contribution in [0.5, 0.6) is 0 Å². The first-order valence-electron chi connectivity index (χ1n) is 25.3. The lowest BCUT2D eigenvalue weighted by Gasteiger charge is -2.45. The van der Waals surface area contributed by atoms with Crippen molar-refractivity contribution in [3.05, 3.63) is 301 Å². The van der Waals surface area contributed by atoms with Crippen LogP contribution in [0.3, 0.4) is 0 Å². The van der Waals surface area contributed by atoms with E-state index in [-0.39, 0.29) is 0 Å². The molecule has 13 aromatic rings. The van der Waals surface area contributed by atoms with Crippen molar-refractivity contribution in [3.8, 4) is 33.4 Å². The average molecular weight is 927 g/mol. The van der Waals surface area contributed by atoms with E-state index in [2.05, 4.69) is 289 Å². The Morgan fingerprint density at radius 1 is 0.274 bits per heavy atom. The molecule has 0 N–H and O–H groups in total. The number of benzene rings is 13. The summed E-state index contributed by atoms with van der Waals surface area (Å²) >= 11 is 0. The fraction of sp³-hybridized carbons (Fsp3) is 0.0141. The highest BCUT2D eigenvalue weighted by atomic mass is 15.2. The summed E-state index contributed by atoms with van der Waals surface area (Å²) in [5.74, 6) is 0. The molecule has 73 heavy (non-hydrogen) atoms. The number of para-hydroxylation sites is 4. The Morgan fingerprint density at radius 2 is 0.726 bits per heavy atom. The van der Waals surface area contributed by atoms with Gasteiger partial charge in [0.15, 0.2) is 0 Å². The summed E-state index contributed by atoms with van der Waals surface area (Å²) in [5, 5.41) is 9.97. The Kier molecular flexibility index (Phi) is 9.21. The van der Waals surface area contributed by atoms with Gasteiger partial charge >= 0.3 is 0 Å². The predicted octanol–water partition coefficient (Wildman–Crippen LogP) is 19.2. The van der Waals surface area contributed by atoms with Crippen molar-refractivity contribution >= 4 is 77.2 Å². The molecule has 0 atom stereocenters. The van der Waals surface area contributed by atoms with E-state index in [9.17, 15) is 0 Å². The van der Waals surface area contributed by atoms with Gasteiger partial charge in [0.05, 0.1) is 28.2 Å². The molecular formula is C71H46N2. The molecule has 0 saturated heterocycles. The van der Waals surface area contributed by atoms with E-state index in [4.69, 9.17) is 0 Å². The molecule has 1 aliphatic carbocycles. The lowest BCUT2D eigenvalue weighted by molar-refractivity contribution is 0.752. The van der Waals surface area contributed by atoms with Crippen LogP contribution < -0.4 is 9.80 Å². The minimum absolute atomic E-state index is 0.620. The first-order chi connectivity index (χ1) is 36.3. The molecule has 1 heterocycles. The van der Waals surface area contributed by atoms with Crippen molar-refractivity contribution in [3.63, 3.8) is 0 Å².